The Balaban J connectivity index is 1.75. The van der Waals surface area contributed by atoms with Crippen LogP contribution in [-0.4, -0.2) is 32.4 Å². The predicted molar refractivity (Wildman–Crippen MR) is 116 cm³/mol. The summed E-state index contributed by atoms with van der Waals surface area (Å²) in [6.45, 7) is 6.99. The molecule has 7 heteroatoms. The number of carbonyl (C=O) groups is 1. The lowest BCUT2D eigenvalue weighted by atomic mass is 10.1. The Morgan fingerprint density at radius 3 is 2.57 bits per heavy atom. The third kappa shape index (κ3) is 3.93. The van der Waals surface area contributed by atoms with E-state index in [9.17, 15) is 9.18 Å². The Morgan fingerprint density at radius 1 is 1.17 bits per heavy atom. The fourth-order valence-electron chi connectivity index (χ4n) is 3.71. The van der Waals surface area contributed by atoms with Crippen LogP contribution in [0.5, 0.6) is 0 Å². The van der Waals surface area contributed by atoms with Crippen LogP contribution in [0.15, 0.2) is 48.5 Å². The molecule has 0 saturated heterocycles. The van der Waals surface area contributed by atoms with Gasteiger partial charge in [-0.3, -0.25) is 4.79 Å². The molecule has 0 spiro atoms. The van der Waals surface area contributed by atoms with E-state index in [1.807, 2.05) is 25.1 Å². The van der Waals surface area contributed by atoms with Gasteiger partial charge in [0.25, 0.3) is 0 Å². The van der Waals surface area contributed by atoms with Crippen molar-refractivity contribution in [2.24, 2.45) is 5.73 Å². The van der Waals surface area contributed by atoms with E-state index in [0.29, 0.717) is 19.6 Å². The number of nitrogens with one attached hydrogen (secondary N) is 1. The molecule has 0 aliphatic carbocycles. The lowest BCUT2D eigenvalue weighted by Crippen LogP contribution is -2.52. The normalized spacial score (nSPS) is 13.8. The zero-order valence-electron chi connectivity index (χ0n) is 17.4. The number of carbonyl (C=O) groups excluding carboxylic acids is 1. The summed E-state index contributed by atoms with van der Waals surface area (Å²) in [7, 11) is 0. The number of aryl methyl sites for hydroxylation is 1. The van der Waals surface area contributed by atoms with Gasteiger partial charge in [-0.2, -0.15) is 0 Å². The second-order valence-electron chi connectivity index (χ2n) is 8.33. The molecule has 0 bridgehead atoms. The van der Waals surface area contributed by atoms with Crippen molar-refractivity contribution in [2.75, 3.05) is 11.9 Å². The van der Waals surface area contributed by atoms with Crippen LogP contribution >= 0.6 is 0 Å². The van der Waals surface area contributed by atoms with Gasteiger partial charge in [-0.15, -0.1) is 0 Å². The molecule has 2 heterocycles. The first-order valence-corrected chi connectivity index (χ1v) is 9.99. The van der Waals surface area contributed by atoms with E-state index < -0.39 is 5.54 Å². The molecule has 0 unspecified atom stereocenters. The average Bonchev–Trinajstić information content (AvgIpc) is 3.05. The van der Waals surface area contributed by atoms with Crippen molar-refractivity contribution < 1.29 is 9.18 Å². The first-order chi connectivity index (χ1) is 14.2. The number of hydrogen-bond acceptors (Lipinski definition) is 4. The molecule has 3 N–H and O–H groups in total. The van der Waals surface area contributed by atoms with Gasteiger partial charge in [-0.25, -0.2) is 9.37 Å². The number of anilines is 2. The highest BCUT2D eigenvalue weighted by Crippen LogP contribution is 2.33. The van der Waals surface area contributed by atoms with Crippen LogP contribution in [0, 0.1) is 12.7 Å². The van der Waals surface area contributed by atoms with Gasteiger partial charge >= 0.3 is 0 Å². The second kappa shape index (κ2) is 7.57. The summed E-state index contributed by atoms with van der Waals surface area (Å²) in [5.74, 6) is 1.21. The van der Waals surface area contributed by atoms with Gasteiger partial charge in [0.15, 0.2) is 0 Å². The number of imidazole rings is 1. The van der Waals surface area contributed by atoms with Crippen molar-refractivity contribution in [2.45, 2.75) is 39.4 Å². The van der Waals surface area contributed by atoms with Crippen LogP contribution < -0.4 is 11.1 Å². The number of halogens is 1. The Bertz CT molecular complexity index is 1080. The molecule has 0 fully saturated rings. The monoisotopic (exact) mass is 407 g/mol. The lowest BCUT2D eigenvalue weighted by Gasteiger charge is -2.33. The van der Waals surface area contributed by atoms with Gasteiger partial charge in [0.1, 0.15) is 23.2 Å². The summed E-state index contributed by atoms with van der Waals surface area (Å²) in [5, 5.41) is 3.49. The fourth-order valence-corrected chi connectivity index (χ4v) is 3.71. The van der Waals surface area contributed by atoms with Crippen molar-refractivity contribution in [1.82, 2.24) is 14.5 Å². The molecular weight excluding hydrogens is 381 g/mol. The van der Waals surface area contributed by atoms with Gasteiger partial charge < -0.3 is 20.5 Å². The Labute approximate surface area is 175 Å². The molecular formula is C23H26FN5O. The van der Waals surface area contributed by atoms with Crippen LogP contribution in [0.2, 0.25) is 0 Å². The van der Waals surface area contributed by atoms with Gasteiger partial charge in [0, 0.05) is 24.3 Å². The third-order valence-electron chi connectivity index (χ3n) is 5.21. The molecule has 3 aromatic rings. The molecule has 0 radical (unpaired) electrons. The lowest BCUT2D eigenvalue weighted by molar-refractivity contribution is -0.137. The second-order valence-corrected chi connectivity index (χ2v) is 8.33. The third-order valence-corrected chi connectivity index (χ3v) is 5.21. The van der Waals surface area contributed by atoms with Crippen molar-refractivity contribution in [3.8, 4) is 11.3 Å². The Morgan fingerprint density at radius 2 is 1.90 bits per heavy atom. The number of rotatable bonds is 4. The minimum Gasteiger partial charge on any atom is -0.340 e. The molecule has 1 amide bonds. The van der Waals surface area contributed by atoms with Gasteiger partial charge in [0.2, 0.25) is 5.91 Å². The molecule has 30 heavy (non-hydrogen) atoms. The predicted octanol–water partition coefficient (Wildman–Crippen LogP) is 3.82. The van der Waals surface area contributed by atoms with Crippen molar-refractivity contribution in [3.05, 3.63) is 65.7 Å². The van der Waals surface area contributed by atoms with Crippen LogP contribution in [0.25, 0.3) is 11.3 Å². The smallest absolute Gasteiger partial charge is 0.242 e. The highest BCUT2D eigenvalue weighted by atomic mass is 19.1. The SMILES string of the molecule is Cc1cccc(Nc2c(-c3ccc(F)cc3)nc3n2CCN(C(=O)C(C)(C)N)C3)c1. The molecule has 1 aliphatic rings. The Hall–Kier alpha value is -3.19. The van der Waals surface area contributed by atoms with Crippen LogP contribution in [-0.2, 0) is 17.9 Å². The fraction of sp³-hybridized carbons (Fsp3) is 0.304. The summed E-state index contributed by atoms with van der Waals surface area (Å²) < 4.78 is 15.6. The van der Waals surface area contributed by atoms with Crippen molar-refractivity contribution in [1.29, 1.82) is 0 Å². The molecule has 0 saturated carbocycles. The van der Waals surface area contributed by atoms with Crippen molar-refractivity contribution >= 4 is 17.4 Å². The molecule has 2 aromatic carbocycles. The molecule has 1 aromatic heterocycles. The van der Waals surface area contributed by atoms with Gasteiger partial charge in [-0.05, 0) is 62.7 Å². The molecule has 6 nitrogen and oxygen atoms in total. The van der Waals surface area contributed by atoms with E-state index >= 15 is 0 Å². The summed E-state index contributed by atoms with van der Waals surface area (Å²) in [4.78, 5) is 19.2. The number of fused-ring (bicyclic) bond motifs is 1. The minimum atomic E-state index is -0.933. The summed E-state index contributed by atoms with van der Waals surface area (Å²) in [6.07, 6.45) is 0. The maximum Gasteiger partial charge on any atom is 0.242 e. The summed E-state index contributed by atoms with van der Waals surface area (Å²) >= 11 is 0. The number of benzene rings is 2. The number of aromatic nitrogens is 2. The zero-order valence-corrected chi connectivity index (χ0v) is 17.4. The maximum absolute atomic E-state index is 13.5. The highest BCUT2D eigenvalue weighted by Gasteiger charge is 2.32. The summed E-state index contributed by atoms with van der Waals surface area (Å²) in [5.41, 5.74) is 8.72. The molecule has 156 valence electrons. The molecule has 0 atom stereocenters. The van der Waals surface area contributed by atoms with E-state index in [0.717, 1.165) is 34.2 Å². The number of nitrogens with two attached hydrogens (primary N) is 1. The number of nitrogens with zero attached hydrogens (tertiary/aromatic N) is 3. The molecule has 4 rings (SSSR count). The average molecular weight is 407 g/mol. The topological polar surface area (TPSA) is 76.2 Å². The summed E-state index contributed by atoms with van der Waals surface area (Å²) in [6, 6.07) is 14.4. The first-order valence-electron chi connectivity index (χ1n) is 9.99. The number of hydrogen-bond donors (Lipinski definition) is 2. The maximum atomic E-state index is 13.5. The van der Waals surface area contributed by atoms with E-state index in [1.54, 1.807) is 30.9 Å². The van der Waals surface area contributed by atoms with Gasteiger partial charge in [-0.1, -0.05) is 12.1 Å². The quantitative estimate of drug-likeness (QED) is 0.689. The standard InChI is InChI=1S/C23H26FN5O/c1-15-5-4-6-18(13-15)26-21-20(16-7-9-17(24)10-8-16)27-19-14-28(11-12-29(19)21)22(30)23(2,3)25/h4-10,13,26H,11-12,14,25H2,1-3H3. The Kier molecular flexibility index (Phi) is 5.07. The van der Waals surface area contributed by atoms with Crippen LogP contribution in [0.3, 0.4) is 0 Å². The zero-order chi connectivity index (χ0) is 21.5. The highest BCUT2D eigenvalue weighted by molar-refractivity contribution is 5.85. The largest absolute Gasteiger partial charge is 0.340 e. The van der Waals surface area contributed by atoms with Crippen molar-refractivity contribution in [3.63, 3.8) is 0 Å². The molecule has 1 aliphatic heterocycles. The van der Waals surface area contributed by atoms with Gasteiger partial charge in [0.05, 0.1) is 12.1 Å². The van der Waals surface area contributed by atoms with E-state index in [2.05, 4.69) is 16.0 Å². The van der Waals surface area contributed by atoms with Crippen LogP contribution in [0.4, 0.5) is 15.9 Å². The minimum absolute atomic E-state index is 0.103. The van der Waals surface area contributed by atoms with E-state index in [4.69, 9.17) is 10.7 Å². The first kappa shape index (κ1) is 20.1. The van der Waals surface area contributed by atoms with E-state index in [-0.39, 0.29) is 11.7 Å². The number of amides is 1. The van der Waals surface area contributed by atoms with E-state index in [1.165, 1.54) is 12.1 Å². The van der Waals surface area contributed by atoms with Crippen LogP contribution in [0.1, 0.15) is 25.2 Å².